The first-order valence-corrected chi connectivity index (χ1v) is 5.72. The number of non-ortho nitro benzene ring substituents is 1. The molecule has 0 aliphatic carbocycles. The van der Waals surface area contributed by atoms with E-state index >= 15 is 0 Å². The average molecular weight is 262 g/mol. The van der Waals surface area contributed by atoms with Crippen LogP contribution in [0.2, 0.25) is 0 Å². The van der Waals surface area contributed by atoms with E-state index in [0.717, 1.165) is 5.82 Å². The lowest BCUT2D eigenvalue weighted by atomic mass is 10.2. The number of ether oxygens (including phenoxy) is 1. The van der Waals surface area contributed by atoms with E-state index in [-0.39, 0.29) is 5.69 Å². The first-order valence-electron chi connectivity index (χ1n) is 5.72. The number of benzene rings is 1. The second-order valence-corrected chi connectivity index (χ2v) is 3.90. The maximum atomic E-state index is 10.9. The summed E-state index contributed by atoms with van der Waals surface area (Å²) in [6, 6.07) is 4.57. The van der Waals surface area contributed by atoms with Crippen molar-refractivity contribution in [1.82, 2.24) is 9.55 Å². The van der Waals surface area contributed by atoms with Crippen LogP contribution in [0.4, 0.5) is 5.69 Å². The summed E-state index contributed by atoms with van der Waals surface area (Å²) >= 11 is 0. The van der Waals surface area contributed by atoms with Crippen LogP contribution in [-0.2, 0) is 6.42 Å². The molecule has 0 aliphatic rings. The van der Waals surface area contributed by atoms with Crippen LogP contribution in [0.25, 0.3) is 5.69 Å². The predicted molar refractivity (Wildman–Crippen MR) is 69.5 cm³/mol. The minimum atomic E-state index is -0.453. The molecule has 0 aliphatic heterocycles. The van der Waals surface area contributed by atoms with Gasteiger partial charge in [-0.2, -0.15) is 0 Å². The Morgan fingerprint density at radius 1 is 1.47 bits per heavy atom. The van der Waals surface area contributed by atoms with E-state index in [1.807, 2.05) is 0 Å². The summed E-state index contributed by atoms with van der Waals surface area (Å²) in [6.07, 6.45) is 3.97. The van der Waals surface area contributed by atoms with Crippen LogP contribution in [0.1, 0.15) is 5.82 Å². The van der Waals surface area contributed by atoms with Crippen molar-refractivity contribution in [3.8, 4) is 11.4 Å². The Balaban J connectivity index is 2.51. The molecule has 0 unspecified atom stereocenters. The molecule has 7 heteroatoms. The molecule has 0 spiro atoms. The monoisotopic (exact) mass is 262 g/mol. The highest BCUT2D eigenvalue weighted by atomic mass is 16.6. The molecule has 0 bridgehead atoms. The van der Waals surface area contributed by atoms with Gasteiger partial charge in [0.05, 0.1) is 23.8 Å². The second-order valence-electron chi connectivity index (χ2n) is 3.90. The van der Waals surface area contributed by atoms with Crippen LogP contribution >= 0.6 is 0 Å². The van der Waals surface area contributed by atoms with E-state index in [2.05, 4.69) is 4.98 Å². The molecular formula is C12H14N4O3. The lowest BCUT2D eigenvalue weighted by Crippen LogP contribution is -2.09. The van der Waals surface area contributed by atoms with Crippen LogP contribution in [0.3, 0.4) is 0 Å². The van der Waals surface area contributed by atoms with E-state index < -0.39 is 4.92 Å². The third kappa shape index (κ3) is 2.71. The zero-order chi connectivity index (χ0) is 13.8. The van der Waals surface area contributed by atoms with Gasteiger partial charge in [0, 0.05) is 30.9 Å². The topological polar surface area (TPSA) is 96.2 Å². The first-order chi connectivity index (χ1) is 9.15. The highest BCUT2D eigenvalue weighted by Crippen LogP contribution is 2.25. The van der Waals surface area contributed by atoms with Crippen LogP contribution in [-0.4, -0.2) is 28.1 Å². The molecule has 19 heavy (non-hydrogen) atoms. The number of imidazole rings is 1. The second kappa shape index (κ2) is 5.49. The molecule has 0 saturated carbocycles. The first kappa shape index (κ1) is 13.0. The third-order valence-corrected chi connectivity index (χ3v) is 2.69. The fourth-order valence-electron chi connectivity index (χ4n) is 1.81. The zero-order valence-electron chi connectivity index (χ0n) is 10.4. The van der Waals surface area contributed by atoms with Gasteiger partial charge in [-0.1, -0.05) is 0 Å². The van der Waals surface area contributed by atoms with Crippen molar-refractivity contribution in [3.05, 3.63) is 46.5 Å². The minimum Gasteiger partial charge on any atom is -0.496 e. The van der Waals surface area contributed by atoms with Gasteiger partial charge in [-0.3, -0.25) is 10.1 Å². The predicted octanol–water partition coefficient (Wildman–Crippen LogP) is 1.29. The van der Waals surface area contributed by atoms with E-state index in [1.54, 1.807) is 23.0 Å². The Labute approximate surface area is 109 Å². The Hall–Kier alpha value is -2.41. The van der Waals surface area contributed by atoms with E-state index in [0.29, 0.717) is 24.4 Å². The summed E-state index contributed by atoms with van der Waals surface area (Å²) in [5.74, 6) is 1.18. The van der Waals surface area contributed by atoms with E-state index in [9.17, 15) is 10.1 Å². The number of hydrogen-bond acceptors (Lipinski definition) is 5. The quantitative estimate of drug-likeness (QED) is 0.647. The number of rotatable bonds is 5. The smallest absolute Gasteiger partial charge is 0.275 e. The molecule has 2 N–H and O–H groups in total. The van der Waals surface area contributed by atoms with Crippen LogP contribution in [0.5, 0.6) is 5.75 Å². The molecule has 2 rings (SSSR count). The summed E-state index contributed by atoms with van der Waals surface area (Å²) in [6.45, 7) is 0.461. The molecule has 100 valence electrons. The molecule has 7 nitrogen and oxygen atoms in total. The van der Waals surface area contributed by atoms with Gasteiger partial charge in [0.2, 0.25) is 0 Å². The number of nitro benzene ring substituents is 1. The van der Waals surface area contributed by atoms with Crippen molar-refractivity contribution in [2.75, 3.05) is 13.7 Å². The normalized spacial score (nSPS) is 10.4. The lowest BCUT2D eigenvalue weighted by Gasteiger charge is -2.09. The Morgan fingerprint density at radius 3 is 2.89 bits per heavy atom. The molecule has 0 atom stereocenters. The van der Waals surface area contributed by atoms with Crippen molar-refractivity contribution in [2.45, 2.75) is 6.42 Å². The molecule has 1 heterocycles. The van der Waals surface area contributed by atoms with E-state index in [4.69, 9.17) is 10.5 Å². The van der Waals surface area contributed by atoms with Gasteiger partial charge in [0.1, 0.15) is 11.6 Å². The van der Waals surface area contributed by atoms with Gasteiger partial charge in [0.15, 0.2) is 0 Å². The van der Waals surface area contributed by atoms with Crippen molar-refractivity contribution in [1.29, 1.82) is 0 Å². The average Bonchev–Trinajstić information content (AvgIpc) is 2.87. The fraction of sp³-hybridized carbons (Fsp3) is 0.250. The highest BCUT2D eigenvalue weighted by molar-refractivity contribution is 5.50. The molecule has 0 amide bonds. The summed E-state index contributed by atoms with van der Waals surface area (Å²) in [7, 11) is 1.47. The third-order valence-electron chi connectivity index (χ3n) is 2.69. The molecule has 0 saturated heterocycles. The summed E-state index contributed by atoms with van der Waals surface area (Å²) < 4.78 is 6.85. The van der Waals surface area contributed by atoms with Crippen molar-refractivity contribution >= 4 is 5.69 Å². The zero-order valence-corrected chi connectivity index (χ0v) is 10.4. The number of nitrogens with two attached hydrogens (primary N) is 1. The summed E-state index contributed by atoms with van der Waals surface area (Å²) in [5, 5.41) is 10.9. The van der Waals surface area contributed by atoms with Gasteiger partial charge in [-0.15, -0.1) is 0 Å². The van der Waals surface area contributed by atoms with Gasteiger partial charge in [0.25, 0.3) is 5.69 Å². The highest BCUT2D eigenvalue weighted by Gasteiger charge is 2.13. The maximum Gasteiger partial charge on any atom is 0.275 e. The molecule has 1 aromatic heterocycles. The van der Waals surface area contributed by atoms with Crippen LogP contribution in [0.15, 0.2) is 30.6 Å². The molecule has 0 fully saturated rings. The van der Waals surface area contributed by atoms with Crippen molar-refractivity contribution < 1.29 is 9.66 Å². The molecular weight excluding hydrogens is 248 g/mol. The maximum absolute atomic E-state index is 10.9. The van der Waals surface area contributed by atoms with Crippen molar-refractivity contribution in [2.24, 2.45) is 5.73 Å². The fourth-order valence-corrected chi connectivity index (χ4v) is 1.81. The molecule has 2 aromatic rings. The minimum absolute atomic E-state index is 0.0262. The largest absolute Gasteiger partial charge is 0.496 e. The van der Waals surface area contributed by atoms with Crippen molar-refractivity contribution in [3.63, 3.8) is 0 Å². The number of nitrogens with zero attached hydrogens (tertiary/aromatic N) is 3. The van der Waals surface area contributed by atoms with Gasteiger partial charge in [-0.05, 0) is 6.54 Å². The number of hydrogen-bond donors (Lipinski definition) is 1. The number of methoxy groups -OCH3 is 1. The Morgan fingerprint density at radius 2 is 2.26 bits per heavy atom. The Bertz CT molecular complexity index is 594. The lowest BCUT2D eigenvalue weighted by molar-refractivity contribution is -0.384. The Kier molecular flexibility index (Phi) is 3.76. The number of aromatic nitrogens is 2. The molecule has 0 radical (unpaired) electrons. The summed E-state index contributed by atoms with van der Waals surface area (Å²) in [5.41, 5.74) is 6.12. The number of nitro groups is 1. The van der Waals surface area contributed by atoms with Gasteiger partial charge in [-0.25, -0.2) is 4.98 Å². The van der Waals surface area contributed by atoms with Gasteiger partial charge >= 0.3 is 0 Å². The van der Waals surface area contributed by atoms with Gasteiger partial charge < -0.3 is 15.0 Å². The van der Waals surface area contributed by atoms with E-state index in [1.165, 1.54) is 19.2 Å². The summed E-state index contributed by atoms with van der Waals surface area (Å²) in [4.78, 5) is 14.6. The molecule has 1 aromatic carbocycles. The standard InChI is InChI=1S/C12H14N4O3/c1-19-11-7-9(6-10(8-11)16(17)18)15-5-4-14-12(15)2-3-13/h4-8H,2-3,13H2,1H3. The SMILES string of the molecule is COc1cc(-n2ccnc2CCN)cc([N+](=O)[O-])c1. The van der Waals surface area contributed by atoms with Crippen LogP contribution in [0, 0.1) is 10.1 Å². The van der Waals surface area contributed by atoms with Crippen LogP contribution < -0.4 is 10.5 Å².